The molecule has 1 aromatic heterocycles. The van der Waals surface area contributed by atoms with Crippen LogP contribution in [-0.4, -0.2) is 21.0 Å². The SMILES string of the molecule is O=C(N[C@@H](NC(=S)Nc1ccc(I)cc1)C(Cl)(Cl)Cl)c1ccc(Br)o1. The molecule has 1 amide bonds. The van der Waals surface area contributed by atoms with Crippen molar-refractivity contribution in [3.63, 3.8) is 0 Å². The second-order valence-corrected chi connectivity index (χ2v) is 9.46. The Labute approximate surface area is 186 Å². The number of anilines is 1. The molecule has 0 bridgehead atoms. The van der Waals surface area contributed by atoms with E-state index in [1.807, 2.05) is 24.3 Å². The van der Waals surface area contributed by atoms with Crippen LogP contribution < -0.4 is 16.0 Å². The van der Waals surface area contributed by atoms with Crippen molar-refractivity contribution in [2.24, 2.45) is 0 Å². The lowest BCUT2D eigenvalue weighted by Gasteiger charge is -2.27. The maximum absolute atomic E-state index is 12.2. The van der Waals surface area contributed by atoms with E-state index in [-0.39, 0.29) is 10.9 Å². The number of carbonyl (C=O) groups is 1. The fourth-order valence-electron chi connectivity index (χ4n) is 1.67. The van der Waals surface area contributed by atoms with Crippen LogP contribution in [0.15, 0.2) is 45.5 Å². The van der Waals surface area contributed by atoms with E-state index in [4.69, 9.17) is 51.4 Å². The predicted octanol–water partition coefficient (Wildman–Crippen LogP) is 5.06. The fraction of sp³-hybridized carbons (Fsp3) is 0.143. The molecule has 0 aliphatic rings. The average molecular weight is 597 g/mol. The van der Waals surface area contributed by atoms with Gasteiger partial charge in [0, 0.05) is 9.26 Å². The van der Waals surface area contributed by atoms with E-state index in [9.17, 15) is 4.79 Å². The number of nitrogens with one attached hydrogen (secondary N) is 3. The van der Waals surface area contributed by atoms with E-state index in [2.05, 4.69) is 54.5 Å². The highest BCUT2D eigenvalue weighted by Crippen LogP contribution is 2.29. The minimum Gasteiger partial charge on any atom is -0.444 e. The molecule has 0 saturated heterocycles. The van der Waals surface area contributed by atoms with E-state index < -0.39 is 15.9 Å². The summed E-state index contributed by atoms with van der Waals surface area (Å²) in [6.45, 7) is 0. The molecule has 0 spiro atoms. The molecule has 25 heavy (non-hydrogen) atoms. The van der Waals surface area contributed by atoms with Crippen molar-refractivity contribution >= 4 is 102 Å². The summed E-state index contributed by atoms with van der Waals surface area (Å²) in [4.78, 5) is 12.2. The van der Waals surface area contributed by atoms with Gasteiger partial charge in [-0.05, 0) is 87.1 Å². The van der Waals surface area contributed by atoms with Gasteiger partial charge < -0.3 is 20.4 Å². The van der Waals surface area contributed by atoms with Gasteiger partial charge in [0.25, 0.3) is 5.91 Å². The highest BCUT2D eigenvalue weighted by molar-refractivity contribution is 14.1. The summed E-state index contributed by atoms with van der Waals surface area (Å²) in [5.74, 6) is -0.504. The number of rotatable bonds is 4. The Balaban J connectivity index is 2.03. The summed E-state index contributed by atoms with van der Waals surface area (Å²) < 4.78 is 4.81. The fourth-order valence-corrected chi connectivity index (χ4v) is 2.90. The van der Waals surface area contributed by atoms with Crippen LogP contribution in [0.25, 0.3) is 0 Å². The van der Waals surface area contributed by atoms with Crippen LogP contribution >= 0.6 is 85.5 Å². The summed E-state index contributed by atoms with van der Waals surface area (Å²) in [5, 5.41) is 8.41. The Morgan fingerprint density at radius 2 is 1.80 bits per heavy atom. The van der Waals surface area contributed by atoms with Crippen molar-refractivity contribution in [1.82, 2.24) is 10.6 Å². The minimum absolute atomic E-state index is 0.0597. The monoisotopic (exact) mass is 595 g/mol. The molecule has 0 aliphatic carbocycles. The molecule has 1 aromatic carbocycles. The van der Waals surface area contributed by atoms with Gasteiger partial charge in [-0.1, -0.05) is 34.8 Å². The third-order valence-electron chi connectivity index (χ3n) is 2.78. The van der Waals surface area contributed by atoms with E-state index in [0.717, 1.165) is 9.26 Å². The molecule has 2 rings (SSSR count). The van der Waals surface area contributed by atoms with Gasteiger partial charge in [0.2, 0.25) is 3.79 Å². The van der Waals surface area contributed by atoms with Gasteiger partial charge in [0.15, 0.2) is 15.5 Å². The van der Waals surface area contributed by atoms with Crippen molar-refractivity contribution in [1.29, 1.82) is 0 Å². The molecule has 2 aromatic rings. The predicted molar refractivity (Wildman–Crippen MR) is 116 cm³/mol. The summed E-state index contributed by atoms with van der Waals surface area (Å²) in [6, 6.07) is 10.6. The van der Waals surface area contributed by atoms with Crippen LogP contribution in [0.5, 0.6) is 0 Å². The number of amides is 1. The summed E-state index contributed by atoms with van der Waals surface area (Å²) >= 11 is 28.3. The third kappa shape index (κ3) is 6.76. The van der Waals surface area contributed by atoms with Crippen molar-refractivity contribution in [2.75, 3.05) is 5.32 Å². The molecule has 1 heterocycles. The molecule has 134 valence electrons. The second-order valence-electron chi connectivity index (χ2n) is 4.66. The summed E-state index contributed by atoms with van der Waals surface area (Å²) in [7, 11) is 0. The van der Waals surface area contributed by atoms with Gasteiger partial charge in [-0.3, -0.25) is 4.79 Å². The number of hydrogen-bond acceptors (Lipinski definition) is 3. The number of furan rings is 1. The lowest BCUT2D eigenvalue weighted by molar-refractivity contribution is 0.0905. The first kappa shape index (κ1) is 21.0. The van der Waals surface area contributed by atoms with Crippen LogP contribution in [0.3, 0.4) is 0 Å². The number of halogens is 5. The number of alkyl halides is 3. The van der Waals surface area contributed by atoms with E-state index in [0.29, 0.717) is 4.67 Å². The van der Waals surface area contributed by atoms with Crippen LogP contribution in [0.2, 0.25) is 0 Å². The molecule has 0 fully saturated rings. The van der Waals surface area contributed by atoms with Crippen molar-refractivity contribution in [3.05, 3.63) is 50.4 Å². The van der Waals surface area contributed by atoms with Crippen LogP contribution in [0, 0.1) is 3.57 Å². The van der Waals surface area contributed by atoms with Gasteiger partial charge >= 0.3 is 0 Å². The van der Waals surface area contributed by atoms with Gasteiger partial charge in [-0.2, -0.15) is 0 Å². The Kier molecular flexibility index (Phi) is 7.66. The highest BCUT2D eigenvalue weighted by atomic mass is 127. The maximum Gasteiger partial charge on any atom is 0.288 e. The zero-order chi connectivity index (χ0) is 18.6. The molecule has 0 aliphatic heterocycles. The van der Waals surface area contributed by atoms with E-state index in [1.165, 1.54) is 6.07 Å². The number of carbonyl (C=O) groups excluding carboxylic acids is 1. The zero-order valence-electron chi connectivity index (χ0n) is 12.2. The van der Waals surface area contributed by atoms with Gasteiger partial charge in [-0.25, -0.2) is 0 Å². The lowest BCUT2D eigenvalue weighted by atomic mass is 10.3. The first-order chi connectivity index (χ1) is 11.6. The summed E-state index contributed by atoms with van der Waals surface area (Å²) in [5.41, 5.74) is 0.752. The van der Waals surface area contributed by atoms with Crippen molar-refractivity contribution < 1.29 is 9.21 Å². The van der Waals surface area contributed by atoms with E-state index >= 15 is 0 Å². The van der Waals surface area contributed by atoms with Crippen LogP contribution in [-0.2, 0) is 0 Å². The molecule has 5 nitrogen and oxygen atoms in total. The number of hydrogen-bond donors (Lipinski definition) is 3. The molecule has 3 N–H and O–H groups in total. The van der Waals surface area contributed by atoms with Crippen molar-refractivity contribution in [3.8, 4) is 0 Å². The Hall–Kier alpha value is -0.260. The Morgan fingerprint density at radius 3 is 2.32 bits per heavy atom. The molecule has 1 atom stereocenters. The summed E-state index contributed by atoms with van der Waals surface area (Å²) in [6.07, 6.45) is -1.09. The maximum atomic E-state index is 12.2. The molecule has 0 saturated carbocycles. The molecule has 11 heteroatoms. The highest BCUT2D eigenvalue weighted by Gasteiger charge is 2.35. The smallest absolute Gasteiger partial charge is 0.288 e. The molecule has 0 unspecified atom stereocenters. The quantitative estimate of drug-likeness (QED) is 0.199. The zero-order valence-corrected chi connectivity index (χ0v) is 19.0. The standard InChI is InChI=1S/C14H10BrCl3IN3O2S/c15-10-6-5-9(24-10)11(23)21-12(14(16,17)18)22-13(25)20-8-3-1-7(19)2-4-8/h1-6,12H,(H,21,23)(H2,20,22,25)/t12-/m0/s1. The van der Waals surface area contributed by atoms with Crippen molar-refractivity contribution in [2.45, 2.75) is 9.96 Å². The van der Waals surface area contributed by atoms with Gasteiger partial charge in [-0.15, -0.1) is 0 Å². The first-order valence-corrected chi connectivity index (χ1v) is 10.0. The third-order valence-corrected chi connectivity index (χ3v) is 4.80. The van der Waals surface area contributed by atoms with Gasteiger partial charge in [0.1, 0.15) is 6.17 Å². The topological polar surface area (TPSA) is 66.3 Å². The largest absolute Gasteiger partial charge is 0.444 e. The normalized spacial score (nSPS) is 12.4. The van der Waals surface area contributed by atoms with Crippen LogP contribution in [0.1, 0.15) is 10.6 Å². The number of benzene rings is 1. The first-order valence-electron chi connectivity index (χ1n) is 6.61. The second kappa shape index (κ2) is 9.09. The lowest BCUT2D eigenvalue weighted by Crippen LogP contribution is -2.56. The average Bonchev–Trinajstić information content (AvgIpc) is 2.94. The van der Waals surface area contributed by atoms with Gasteiger partial charge in [0.05, 0.1) is 0 Å². The minimum atomic E-state index is -1.85. The van der Waals surface area contributed by atoms with E-state index in [1.54, 1.807) is 6.07 Å². The Morgan fingerprint density at radius 1 is 1.16 bits per heavy atom. The number of thiocarbonyl (C=S) groups is 1. The molecular weight excluding hydrogens is 587 g/mol. The van der Waals surface area contributed by atoms with Crippen LogP contribution in [0.4, 0.5) is 5.69 Å². The molecular formula is C14H10BrCl3IN3O2S. The molecule has 0 radical (unpaired) electrons. The Bertz CT molecular complexity index is 767.